The zero-order chi connectivity index (χ0) is 12.8. The molecule has 1 rings (SSSR count). The molecular weight excluding hydrogens is 238 g/mol. The lowest BCUT2D eigenvalue weighted by molar-refractivity contribution is -0.129. The van der Waals surface area contributed by atoms with Gasteiger partial charge in [0.15, 0.2) is 11.1 Å². The summed E-state index contributed by atoms with van der Waals surface area (Å²) in [7, 11) is 0. The molecule has 0 bridgehead atoms. The highest BCUT2D eigenvalue weighted by Gasteiger charge is 2.20. The maximum Gasteiger partial charge on any atom is 0.233 e. The molecule has 96 valence electrons. The third-order valence-electron chi connectivity index (χ3n) is 2.70. The smallest absolute Gasteiger partial charge is 0.233 e. The van der Waals surface area contributed by atoms with Crippen molar-refractivity contribution in [2.75, 3.05) is 18.8 Å². The van der Waals surface area contributed by atoms with E-state index in [9.17, 15) is 4.79 Å². The molecule has 0 aromatic carbocycles. The number of nitrogens with one attached hydrogen (secondary N) is 1. The van der Waals surface area contributed by atoms with Gasteiger partial charge in [-0.2, -0.15) is 4.99 Å². The first-order valence-electron chi connectivity index (χ1n) is 5.57. The van der Waals surface area contributed by atoms with Gasteiger partial charge in [0.25, 0.3) is 0 Å². The number of thioether (sulfide) groups is 1. The number of hydrogen-bond acceptors (Lipinski definition) is 3. The summed E-state index contributed by atoms with van der Waals surface area (Å²) in [5.41, 5.74) is 10.3. The van der Waals surface area contributed by atoms with Crippen molar-refractivity contribution in [3.8, 4) is 0 Å². The number of guanidine groups is 1. The summed E-state index contributed by atoms with van der Waals surface area (Å²) in [5, 5.41) is 7.38. The Bertz CT molecular complexity index is 319. The second kappa shape index (κ2) is 6.48. The van der Waals surface area contributed by atoms with Crippen LogP contribution in [-0.4, -0.2) is 40.8 Å². The van der Waals surface area contributed by atoms with E-state index in [-0.39, 0.29) is 22.8 Å². The van der Waals surface area contributed by atoms with Gasteiger partial charge < -0.3 is 16.4 Å². The zero-order valence-electron chi connectivity index (χ0n) is 9.98. The van der Waals surface area contributed by atoms with Crippen LogP contribution in [0.25, 0.3) is 0 Å². The van der Waals surface area contributed by atoms with Gasteiger partial charge in [-0.3, -0.25) is 10.2 Å². The zero-order valence-corrected chi connectivity index (χ0v) is 10.8. The number of amides is 1. The summed E-state index contributed by atoms with van der Waals surface area (Å²) >= 11 is 1.05. The van der Waals surface area contributed by atoms with Crippen LogP contribution in [0.5, 0.6) is 0 Å². The van der Waals surface area contributed by atoms with E-state index >= 15 is 0 Å². The van der Waals surface area contributed by atoms with Crippen LogP contribution in [0, 0.1) is 11.3 Å². The first-order valence-corrected chi connectivity index (χ1v) is 6.56. The summed E-state index contributed by atoms with van der Waals surface area (Å²) < 4.78 is 0. The molecule has 1 amide bonds. The fraction of sp³-hybridized carbons (Fsp3) is 0.700. The summed E-state index contributed by atoms with van der Waals surface area (Å²) in [6.45, 7) is 3.83. The molecule has 0 spiro atoms. The highest BCUT2D eigenvalue weighted by Crippen LogP contribution is 2.17. The minimum Gasteiger partial charge on any atom is -0.370 e. The van der Waals surface area contributed by atoms with Crippen LogP contribution in [0.4, 0.5) is 0 Å². The predicted octanol–water partition coefficient (Wildman–Crippen LogP) is 0.186. The number of likely N-dealkylation sites (tertiary alicyclic amines) is 1. The van der Waals surface area contributed by atoms with Crippen LogP contribution >= 0.6 is 11.8 Å². The molecular formula is C10H19N5OS. The molecule has 0 unspecified atom stereocenters. The van der Waals surface area contributed by atoms with E-state index in [2.05, 4.69) is 11.9 Å². The summed E-state index contributed by atoms with van der Waals surface area (Å²) in [6, 6.07) is 0. The average molecular weight is 257 g/mol. The molecule has 0 atom stereocenters. The van der Waals surface area contributed by atoms with Gasteiger partial charge >= 0.3 is 0 Å². The van der Waals surface area contributed by atoms with Crippen LogP contribution in [-0.2, 0) is 4.79 Å². The van der Waals surface area contributed by atoms with E-state index in [4.69, 9.17) is 16.9 Å². The fourth-order valence-corrected chi connectivity index (χ4v) is 2.24. The van der Waals surface area contributed by atoms with Crippen molar-refractivity contribution in [3.05, 3.63) is 0 Å². The van der Waals surface area contributed by atoms with Crippen molar-refractivity contribution in [2.24, 2.45) is 22.4 Å². The van der Waals surface area contributed by atoms with E-state index in [0.29, 0.717) is 5.92 Å². The minimum absolute atomic E-state index is 0.0243. The maximum absolute atomic E-state index is 11.8. The molecule has 1 fully saturated rings. The first-order chi connectivity index (χ1) is 7.99. The number of aliphatic imine (C=N–C) groups is 1. The Morgan fingerprint density at radius 1 is 1.47 bits per heavy atom. The lowest BCUT2D eigenvalue weighted by Crippen LogP contribution is -2.39. The molecule has 0 radical (unpaired) electrons. The second-order valence-corrected chi connectivity index (χ2v) is 5.16. The average Bonchev–Trinajstić information content (AvgIpc) is 2.26. The second-order valence-electron chi connectivity index (χ2n) is 4.19. The molecule has 1 saturated heterocycles. The van der Waals surface area contributed by atoms with E-state index < -0.39 is 0 Å². The number of piperidine rings is 1. The largest absolute Gasteiger partial charge is 0.370 e. The summed E-state index contributed by atoms with van der Waals surface area (Å²) in [5.74, 6) is 0.829. The van der Waals surface area contributed by atoms with E-state index in [1.807, 2.05) is 4.90 Å². The van der Waals surface area contributed by atoms with Crippen molar-refractivity contribution in [3.63, 3.8) is 0 Å². The molecule has 0 aliphatic carbocycles. The molecule has 0 aromatic heterocycles. The van der Waals surface area contributed by atoms with Crippen LogP contribution in [0.15, 0.2) is 4.99 Å². The molecule has 1 aliphatic heterocycles. The molecule has 7 heteroatoms. The first kappa shape index (κ1) is 13.8. The minimum atomic E-state index is -0.151. The molecule has 1 heterocycles. The van der Waals surface area contributed by atoms with Crippen molar-refractivity contribution in [2.45, 2.75) is 19.8 Å². The Balaban J connectivity index is 2.30. The monoisotopic (exact) mass is 257 g/mol. The highest BCUT2D eigenvalue weighted by molar-refractivity contribution is 8.14. The summed E-state index contributed by atoms with van der Waals surface area (Å²) in [6.07, 6.45) is 2.11. The highest BCUT2D eigenvalue weighted by atomic mass is 32.2. The van der Waals surface area contributed by atoms with Crippen molar-refractivity contribution in [1.29, 1.82) is 5.41 Å². The molecule has 6 nitrogen and oxygen atoms in total. The predicted molar refractivity (Wildman–Crippen MR) is 71.0 cm³/mol. The van der Waals surface area contributed by atoms with Gasteiger partial charge in [0, 0.05) is 13.1 Å². The Morgan fingerprint density at radius 2 is 2.06 bits per heavy atom. The quantitative estimate of drug-likeness (QED) is 0.484. The molecule has 17 heavy (non-hydrogen) atoms. The molecule has 5 N–H and O–H groups in total. The Hall–Kier alpha value is -1.24. The summed E-state index contributed by atoms with van der Waals surface area (Å²) in [4.78, 5) is 17.2. The third-order valence-corrected chi connectivity index (χ3v) is 3.46. The Kier molecular flexibility index (Phi) is 5.27. The van der Waals surface area contributed by atoms with Crippen molar-refractivity contribution in [1.82, 2.24) is 4.90 Å². The SMILES string of the molecule is CC1CCN(C(=O)CSC(=N)N=C(N)N)CC1. The fourth-order valence-electron chi connectivity index (χ4n) is 1.63. The van der Waals surface area contributed by atoms with Gasteiger partial charge in [0.2, 0.25) is 5.91 Å². The van der Waals surface area contributed by atoms with Gasteiger partial charge in [-0.05, 0) is 18.8 Å². The molecule has 0 aromatic rings. The van der Waals surface area contributed by atoms with E-state index in [0.717, 1.165) is 37.7 Å². The standard InChI is InChI=1S/C10H19N5OS/c1-7-2-4-15(5-3-7)8(16)6-17-10(13)14-9(11)12/h7H,2-6H2,1H3,(H5,11,12,13,14). The number of nitrogens with two attached hydrogens (primary N) is 2. The van der Waals surface area contributed by atoms with E-state index in [1.54, 1.807) is 0 Å². The number of amidine groups is 1. The number of carbonyl (C=O) groups excluding carboxylic acids is 1. The van der Waals surface area contributed by atoms with Gasteiger partial charge in [0.1, 0.15) is 0 Å². The van der Waals surface area contributed by atoms with Crippen LogP contribution in [0.2, 0.25) is 0 Å². The van der Waals surface area contributed by atoms with Crippen molar-refractivity contribution < 1.29 is 4.79 Å². The molecule has 0 saturated carbocycles. The lowest BCUT2D eigenvalue weighted by Gasteiger charge is -2.30. The Labute approximate surface area is 105 Å². The van der Waals surface area contributed by atoms with Gasteiger partial charge in [-0.1, -0.05) is 18.7 Å². The van der Waals surface area contributed by atoms with E-state index in [1.165, 1.54) is 0 Å². The lowest BCUT2D eigenvalue weighted by atomic mass is 9.99. The van der Waals surface area contributed by atoms with Crippen LogP contribution in [0.3, 0.4) is 0 Å². The van der Waals surface area contributed by atoms with Crippen LogP contribution < -0.4 is 11.5 Å². The maximum atomic E-state index is 11.8. The Morgan fingerprint density at radius 3 is 2.59 bits per heavy atom. The number of rotatable bonds is 2. The number of carbonyl (C=O) groups is 1. The number of hydrogen-bond donors (Lipinski definition) is 3. The normalized spacial score (nSPS) is 16.6. The van der Waals surface area contributed by atoms with Crippen molar-refractivity contribution >= 4 is 28.8 Å². The topological polar surface area (TPSA) is 109 Å². The van der Waals surface area contributed by atoms with Gasteiger partial charge in [-0.15, -0.1) is 0 Å². The molecule has 1 aliphatic rings. The van der Waals surface area contributed by atoms with Gasteiger partial charge in [-0.25, -0.2) is 0 Å². The van der Waals surface area contributed by atoms with Gasteiger partial charge in [0.05, 0.1) is 5.75 Å². The van der Waals surface area contributed by atoms with Crippen LogP contribution in [0.1, 0.15) is 19.8 Å². The number of nitrogens with zero attached hydrogens (tertiary/aromatic N) is 2. The third kappa shape index (κ3) is 5.08.